The lowest BCUT2D eigenvalue weighted by Gasteiger charge is -2.23. The van der Waals surface area contributed by atoms with Gasteiger partial charge in [-0.15, -0.1) is 0 Å². The van der Waals surface area contributed by atoms with Gasteiger partial charge in [-0.25, -0.2) is 4.79 Å². The molecule has 0 saturated heterocycles. The predicted octanol–water partition coefficient (Wildman–Crippen LogP) is 2.20. The fraction of sp³-hybridized carbons (Fsp3) is 0.533. The molecule has 0 saturated carbocycles. The monoisotopic (exact) mass is 264 g/mol. The third-order valence-electron chi connectivity index (χ3n) is 3.28. The van der Waals surface area contributed by atoms with Crippen molar-refractivity contribution in [2.24, 2.45) is 0 Å². The highest BCUT2D eigenvalue weighted by atomic mass is 16.4. The van der Waals surface area contributed by atoms with Gasteiger partial charge in [-0.3, -0.25) is 0 Å². The molecule has 0 radical (unpaired) electrons. The van der Waals surface area contributed by atoms with Gasteiger partial charge in [0.05, 0.1) is 5.56 Å². The van der Waals surface area contributed by atoms with Crippen LogP contribution in [0.2, 0.25) is 0 Å². The van der Waals surface area contributed by atoms with Gasteiger partial charge in [0.2, 0.25) is 0 Å². The van der Waals surface area contributed by atoms with Crippen molar-refractivity contribution in [3.63, 3.8) is 0 Å². The Labute approximate surface area is 115 Å². The zero-order chi connectivity index (χ0) is 14.3. The minimum Gasteiger partial charge on any atom is -0.478 e. The summed E-state index contributed by atoms with van der Waals surface area (Å²) in [5.74, 6) is -0.880. The number of rotatable bonds is 8. The Bertz CT molecular complexity index is 386. The fourth-order valence-electron chi connectivity index (χ4n) is 1.99. The first-order valence-electron chi connectivity index (χ1n) is 6.84. The Kier molecular flexibility index (Phi) is 6.53. The molecule has 1 aromatic rings. The molecule has 1 rings (SSSR count). The molecule has 1 atom stereocenters. The van der Waals surface area contributed by atoms with Crippen LogP contribution in [0.4, 0.5) is 0 Å². The molecule has 2 N–H and O–H groups in total. The second-order valence-corrected chi connectivity index (χ2v) is 4.77. The van der Waals surface area contributed by atoms with E-state index in [2.05, 4.69) is 31.0 Å². The molecular weight excluding hydrogens is 240 g/mol. The maximum atomic E-state index is 10.7. The normalized spacial score (nSPS) is 12.6. The van der Waals surface area contributed by atoms with Crippen LogP contribution in [-0.2, 0) is 6.54 Å². The van der Waals surface area contributed by atoms with Crippen LogP contribution in [0.3, 0.4) is 0 Å². The van der Waals surface area contributed by atoms with Crippen molar-refractivity contribution in [3.05, 3.63) is 35.4 Å². The van der Waals surface area contributed by atoms with Gasteiger partial charge < -0.3 is 15.3 Å². The minimum atomic E-state index is -0.880. The second kappa shape index (κ2) is 7.92. The number of aromatic carboxylic acids is 1. The van der Waals surface area contributed by atoms with Gasteiger partial charge in [-0.05, 0) is 37.7 Å². The van der Waals surface area contributed by atoms with E-state index in [0.29, 0.717) is 11.6 Å². The molecule has 106 valence electrons. The Morgan fingerprint density at radius 1 is 1.26 bits per heavy atom. The summed E-state index contributed by atoms with van der Waals surface area (Å²) >= 11 is 0. The van der Waals surface area contributed by atoms with Gasteiger partial charge in [0.1, 0.15) is 0 Å². The van der Waals surface area contributed by atoms with Crippen LogP contribution in [0.1, 0.15) is 36.7 Å². The molecule has 0 fully saturated rings. The molecule has 4 heteroatoms. The molecule has 0 bridgehead atoms. The summed E-state index contributed by atoms with van der Waals surface area (Å²) in [6.07, 6.45) is 0. The molecule has 0 aliphatic carbocycles. The molecule has 4 nitrogen and oxygen atoms in total. The maximum Gasteiger partial charge on any atom is 0.335 e. The van der Waals surface area contributed by atoms with Crippen LogP contribution in [0.25, 0.3) is 0 Å². The van der Waals surface area contributed by atoms with Crippen molar-refractivity contribution in [2.75, 3.05) is 19.6 Å². The van der Waals surface area contributed by atoms with Crippen LogP contribution in [0.5, 0.6) is 0 Å². The van der Waals surface area contributed by atoms with E-state index in [1.807, 2.05) is 12.1 Å². The van der Waals surface area contributed by atoms with E-state index in [4.69, 9.17) is 5.11 Å². The molecule has 0 amide bonds. The highest BCUT2D eigenvalue weighted by Gasteiger charge is 2.07. The summed E-state index contributed by atoms with van der Waals surface area (Å²) in [4.78, 5) is 13.1. The molecule has 0 spiro atoms. The van der Waals surface area contributed by atoms with E-state index >= 15 is 0 Å². The van der Waals surface area contributed by atoms with E-state index in [9.17, 15) is 4.79 Å². The molecule has 19 heavy (non-hydrogen) atoms. The lowest BCUT2D eigenvalue weighted by molar-refractivity contribution is 0.0697. The topological polar surface area (TPSA) is 52.6 Å². The maximum absolute atomic E-state index is 10.7. The first kappa shape index (κ1) is 15.7. The largest absolute Gasteiger partial charge is 0.478 e. The smallest absolute Gasteiger partial charge is 0.335 e. The number of carbonyl (C=O) groups is 1. The zero-order valence-corrected chi connectivity index (χ0v) is 12.0. The van der Waals surface area contributed by atoms with Crippen molar-refractivity contribution >= 4 is 5.97 Å². The summed E-state index contributed by atoms with van der Waals surface area (Å²) in [6, 6.07) is 7.43. The molecule has 0 aliphatic heterocycles. The molecular formula is C15H24N2O2. The van der Waals surface area contributed by atoms with Crippen molar-refractivity contribution < 1.29 is 9.90 Å². The summed E-state index contributed by atoms with van der Waals surface area (Å²) in [5.41, 5.74) is 1.44. The van der Waals surface area contributed by atoms with E-state index in [1.165, 1.54) is 0 Å². The van der Waals surface area contributed by atoms with E-state index in [1.54, 1.807) is 12.1 Å². The Morgan fingerprint density at radius 3 is 2.32 bits per heavy atom. The average molecular weight is 264 g/mol. The Balaban J connectivity index is 2.41. The quantitative estimate of drug-likeness (QED) is 0.756. The van der Waals surface area contributed by atoms with Gasteiger partial charge in [-0.1, -0.05) is 26.0 Å². The number of hydrogen-bond donors (Lipinski definition) is 2. The number of carboxylic acid groups (broad SMARTS) is 1. The molecule has 1 aromatic carbocycles. The highest BCUT2D eigenvalue weighted by Crippen LogP contribution is 2.04. The van der Waals surface area contributed by atoms with Gasteiger partial charge in [0, 0.05) is 19.1 Å². The number of likely N-dealkylation sites (N-methyl/N-ethyl adjacent to an activating group) is 1. The summed E-state index contributed by atoms with van der Waals surface area (Å²) in [7, 11) is 0. The summed E-state index contributed by atoms with van der Waals surface area (Å²) in [6.45, 7) is 10.4. The van der Waals surface area contributed by atoms with Crippen LogP contribution in [0, 0.1) is 0 Å². The van der Waals surface area contributed by atoms with Crippen molar-refractivity contribution in [1.82, 2.24) is 10.2 Å². The third kappa shape index (κ3) is 5.41. The molecule has 0 aromatic heterocycles. The SMILES string of the molecule is CCN(CC)CC(C)NCc1ccc(C(=O)O)cc1. The number of nitrogens with one attached hydrogen (secondary N) is 1. The minimum absolute atomic E-state index is 0.333. The number of benzene rings is 1. The number of hydrogen-bond acceptors (Lipinski definition) is 3. The van der Waals surface area contributed by atoms with Gasteiger partial charge in [0.15, 0.2) is 0 Å². The van der Waals surface area contributed by atoms with Crippen molar-refractivity contribution in [1.29, 1.82) is 0 Å². The van der Waals surface area contributed by atoms with Gasteiger partial charge in [-0.2, -0.15) is 0 Å². The van der Waals surface area contributed by atoms with Crippen LogP contribution >= 0.6 is 0 Å². The first-order chi connectivity index (χ1) is 9.06. The number of carboxylic acids is 1. The second-order valence-electron chi connectivity index (χ2n) is 4.77. The molecule has 0 aliphatic rings. The standard InChI is InChI=1S/C15H24N2O2/c1-4-17(5-2)11-12(3)16-10-13-6-8-14(9-7-13)15(18)19/h6-9,12,16H,4-5,10-11H2,1-3H3,(H,18,19). The Morgan fingerprint density at radius 2 is 1.84 bits per heavy atom. The lowest BCUT2D eigenvalue weighted by atomic mass is 10.1. The first-order valence-corrected chi connectivity index (χ1v) is 6.84. The summed E-state index contributed by atoms with van der Waals surface area (Å²) in [5, 5.41) is 12.3. The van der Waals surface area contributed by atoms with Crippen molar-refractivity contribution in [2.45, 2.75) is 33.4 Å². The van der Waals surface area contributed by atoms with Crippen LogP contribution < -0.4 is 5.32 Å². The van der Waals surface area contributed by atoms with E-state index in [-0.39, 0.29) is 0 Å². The van der Waals surface area contributed by atoms with Crippen LogP contribution in [0.15, 0.2) is 24.3 Å². The third-order valence-corrected chi connectivity index (χ3v) is 3.28. The van der Waals surface area contributed by atoms with Crippen LogP contribution in [-0.4, -0.2) is 41.7 Å². The average Bonchev–Trinajstić information content (AvgIpc) is 2.43. The fourth-order valence-corrected chi connectivity index (χ4v) is 1.99. The van der Waals surface area contributed by atoms with E-state index < -0.39 is 5.97 Å². The van der Waals surface area contributed by atoms with Gasteiger partial charge >= 0.3 is 5.97 Å². The predicted molar refractivity (Wildman–Crippen MR) is 77.5 cm³/mol. The Hall–Kier alpha value is -1.39. The number of nitrogens with zero attached hydrogens (tertiary/aromatic N) is 1. The molecule has 0 heterocycles. The van der Waals surface area contributed by atoms with Crippen molar-refractivity contribution in [3.8, 4) is 0 Å². The molecule has 1 unspecified atom stereocenters. The van der Waals surface area contributed by atoms with Gasteiger partial charge in [0.25, 0.3) is 0 Å². The zero-order valence-electron chi connectivity index (χ0n) is 12.0. The summed E-state index contributed by atoms with van der Waals surface area (Å²) < 4.78 is 0. The van der Waals surface area contributed by atoms with E-state index in [0.717, 1.165) is 31.7 Å². The lowest BCUT2D eigenvalue weighted by Crippen LogP contribution is -2.38. The highest BCUT2D eigenvalue weighted by molar-refractivity contribution is 5.87.